The molecule has 4 nitrogen and oxygen atoms in total. The van der Waals surface area contributed by atoms with Crippen molar-refractivity contribution in [1.82, 2.24) is 5.32 Å². The summed E-state index contributed by atoms with van der Waals surface area (Å²) in [7, 11) is 0. The van der Waals surface area contributed by atoms with Crippen molar-refractivity contribution in [3.63, 3.8) is 0 Å². The van der Waals surface area contributed by atoms with Crippen LogP contribution < -0.4 is 5.32 Å². The molecular formula is C16H23NO3. The first kappa shape index (κ1) is 15.0. The number of aliphatic hydroxyl groups excluding tert-OH is 1. The van der Waals surface area contributed by atoms with Gasteiger partial charge in [-0.1, -0.05) is 56.0 Å². The molecule has 1 atom stereocenters. The zero-order chi connectivity index (χ0) is 14.4. The van der Waals surface area contributed by atoms with Gasteiger partial charge in [0.05, 0.1) is 5.60 Å². The molecule has 1 aliphatic rings. The molecule has 3 N–H and O–H groups in total. The summed E-state index contributed by atoms with van der Waals surface area (Å²) in [5.74, 6) is -0.450. The predicted octanol–water partition coefficient (Wildman–Crippen LogP) is 1.92. The van der Waals surface area contributed by atoms with Crippen molar-refractivity contribution in [2.75, 3.05) is 6.54 Å². The minimum atomic E-state index is -1.18. The summed E-state index contributed by atoms with van der Waals surface area (Å²) in [6, 6.07) is 8.83. The standard InChI is InChI=1S/C16H23NO3/c18-14(13-8-4-3-5-9-13)15(19)17-12-16(20)10-6-1-2-7-11-16/h3-5,8-9,14,18,20H,1-2,6-7,10-12H2,(H,17,19). The van der Waals surface area contributed by atoms with Crippen LogP contribution in [0.15, 0.2) is 30.3 Å². The number of benzene rings is 1. The SMILES string of the molecule is O=C(NCC1(O)CCCCCC1)C(O)c1ccccc1. The molecule has 1 fully saturated rings. The lowest BCUT2D eigenvalue weighted by Gasteiger charge is -2.27. The van der Waals surface area contributed by atoms with Gasteiger partial charge in [-0.3, -0.25) is 4.79 Å². The molecule has 110 valence electrons. The minimum absolute atomic E-state index is 0.218. The zero-order valence-corrected chi connectivity index (χ0v) is 11.7. The van der Waals surface area contributed by atoms with Gasteiger partial charge in [0.25, 0.3) is 5.91 Å². The Balaban J connectivity index is 1.88. The molecule has 1 unspecified atom stereocenters. The maximum atomic E-state index is 11.9. The number of aliphatic hydroxyl groups is 2. The molecule has 0 bridgehead atoms. The van der Waals surface area contributed by atoms with E-state index in [-0.39, 0.29) is 6.54 Å². The van der Waals surface area contributed by atoms with Gasteiger partial charge in [0.1, 0.15) is 0 Å². The molecule has 1 aromatic carbocycles. The summed E-state index contributed by atoms with van der Waals surface area (Å²) in [6.45, 7) is 0.218. The number of nitrogens with one attached hydrogen (secondary N) is 1. The third-order valence-corrected chi connectivity index (χ3v) is 3.99. The van der Waals surface area contributed by atoms with Gasteiger partial charge in [0.15, 0.2) is 6.10 Å². The van der Waals surface area contributed by atoms with Crippen LogP contribution >= 0.6 is 0 Å². The summed E-state index contributed by atoms with van der Waals surface area (Å²) in [4.78, 5) is 11.9. The molecule has 1 saturated carbocycles. The van der Waals surface area contributed by atoms with Crippen LogP contribution in [0.1, 0.15) is 50.2 Å². The maximum absolute atomic E-state index is 11.9. The first-order chi connectivity index (χ1) is 9.61. The molecule has 0 aromatic heterocycles. The average Bonchev–Trinajstić information content (AvgIpc) is 2.70. The Bertz CT molecular complexity index is 425. The molecule has 0 spiro atoms. The lowest BCUT2D eigenvalue weighted by molar-refractivity contribution is -0.131. The molecule has 1 amide bonds. The highest BCUT2D eigenvalue weighted by Gasteiger charge is 2.29. The van der Waals surface area contributed by atoms with Crippen molar-refractivity contribution in [1.29, 1.82) is 0 Å². The van der Waals surface area contributed by atoms with E-state index in [2.05, 4.69) is 5.32 Å². The Hall–Kier alpha value is -1.39. The Morgan fingerprint density at radius 1 is 1.15 bits per heavy atom. The van der Waals surface area contributed by atoms with Crippen molar-refractivity contribution in [3.8, 4) is 0 Å². The van der Waals surface area contributed by atoms with Crippen molar-refractivity contribution < 1.29 is 15.0 Å². The number of amides is 1. The highest BCUT2D eigenvalue weighted by molar-refractivity contribution is 5.81. The van der Waals surface area contributed by atoms with Gasteiger partial charge < -0.3 is 15.5 Å². The quantitative estimate of drug-likeness (QED) is 0.736. The van der Waals surface area contributed by atoms with Crippen LogP contribution in [-0.2, 0) is 4.79 Å². The van der Waals surface area contributed by atoms with Crippen molar-refractivity contribution in [2.24, 2.45) is 0 Å². The van der Waals surface area contributed by atoms with Gasteiger partial charge in [-0.25, -0.2) is 0 Å². The van der Waals surface area contributed by atoms with E-state index >= 15 is 0 Å². The molecule has 0 saturated heterocycles. The first-order valence-electron chi connectivity index (χ1n) is 7.34. The Labute approximate surface area is 119 Å². The van der Waals surface area contributed by atoms with Crippen LogP contribution in [0.4, 0.5) is 0 Å². The van der Waals surface area contributed by atoms with Crippen LogP contribution in [0, 0.1) is 0 Å². The van der Waals surface area contributed by atoms with E-state index in [0.29, 0.717) is 18.4 Å². The van der Waals surface area contributed by atoms with Crippen LogP contribution in [0.2, 0.25) is 0 Å². The molecular weight excluding hydrogens is 254 g/mol. The number of hydrogen-bond acceptors (Lipinski definition) is 3. The Morgan fingerprint density at radius 3 is 2.35 bits per heavy atom. The van der Waals surface area contributed by atoms with E-state index in [1.807, 2.05) is 6.07 Å². The largest absolute Gasteiger partial charge is 0.388 e. The van der Waals surface area contributed by atoms with Crippen molar-refractivity contribution >= 4 is 5.91 Å². The fourth-order valence-electron chi connectivity index (χ4n) is 2.70. The third-order valence-electron chi connectivity index (χ3n) is 3.99. The molecule has 1 aromatic rings. The first-order valence-corrected chi connectivity index (χ1v) is 7.34. The number of carbonyl (C=O) groups excluding carboxylic acids is 1. The number of rotatable bonds is 4. The van der Waals surface area contributed by atoms with Gasteiger partial charge in [0.2, 0.25) is 0 Å². The van der Waals surface area contributed by atoms with E-state index < -0.39 is 17.6 Å². The molecule has 1 aliphatic carbocycles. The number of carbonyl (C=O) groups is 1. The van der Waals surface area contributed by atoms with Gasteiger partial charge >= 0.3 is 0 Å². The summed E-state index contributed by atoms with van der Waals surface area (Å²) >= 11 is 0. The van der Waals surface area contributed by atoms with E-state index in [1.165, 1.54) is 0 Å². The lowest BCUT2D eigenvalue weighted by atomic mass is 9.94. The minimum Gasteiger partial charge on any atom is -0.388 e. The van der Waals surface area contributed by atoms with Crippen molar-refractivity contribution in [2.45, 2.75) is 50.2 Å². The monoisotopic (exact) mass is 277 g/mol. The fourth-order valence-corrected chi connectivity index (χ4v) is 2.70. The molecule has 0 heterocycles. The Kier molecular flexibility index (Phi) is 5.15. The summed E-state index contributed by atoms with van der Waals surface area (Å²) < 4.78 is 0. The second-order valence-electron chi connectivity index (χ2n) is 5.67. The second kappa shape index (κ2) is 6.86. The van der Waals surface area contributed by atoms with E-state index in [0.717, 1.165) is 25.7 Å². The zero-order valence-electron chi connectivity index (χ0n) is 11.7. The molecule has 20 heavy (non-hydrogen) atoms. The summed E-state index contributed by atoms with van der Waals surface area (Å²) in [6.07, 6.45) is 4.53. The summed E-state index contributed by atoms with van der Waals surface area (Å²) in [5.41, 5.74) is -0.249. The lowest BCUT2D eigenvalue weighted by Crippen LogP contribution is -2.44. The molecule has 4 heteroatoms. The van der Waals surface area contributed by atoms with Crippen LogP contribution in [0.5, 0.6) is 0 Å². The average molecular weight is 277 g/mol. The van der Waals surface area contributed by atoms with E-state index in [4.69, 9.17) is 0 Å². The molecule has 0 aliphatic heterocycles. The normalized spacial score (nSPS) is 19.9. The van der Waals surface area contributed by atoms with Crippen molar-refractivity contribution in [3.05, 3.63) is 35.9 Å². The second-order valence-corrected chi connectivity index (χ2v) is 5.67. The summed E-state index contributed by atoms with van der Waals surface area (Å²) in [5, 5.41) is 23.1. The molecule has 2 rings (SSSR count). The highest BCUT2D eigenvalue weighted by Crippen LogP contribution is 2.26. The van der Waals surface area contributed by atoms with Gasteiger partial charge in [-0.05, 0) is 18.4 Å². The van der Waals surface area contributed by atoms with E-state index in [9.17, 15) is 15.0 Å². The number of hydrogen-bond donors (Lipinski definition) is 3. The van der Waals surface area contributed by atoms with Crippen LogP contribution in [-0.4, -0.2) is 28.3 Å². The van der Waals surface area contributed by atoms with Gasteiger partial charge in [0, 0.05) is 6.54 Å². The Morgan fingerprint density at radius 2 is 1.75 bits per heavy atom. The van der Waals surface area contributed by atoms with Gasteiger partial charge in [-0.2, -0.15) is 0 Å². The predicted molar refractivity (Wildman–Crippen MR) is 77.1 cm³/mol. The smallest absolute Gasteiger partial charge is 0.253 e. The maximum Gasteiger partial charge on any atom is 0.253 e. The van der Waals surface area contributed by atoms with Crippen LogP contribution in [0.25, 0.3) is 0 Å². The third kappa shape index (κ3) is 4.05. The fraction of sp³-hybridized carbons (Fsp3) is 0.562. The van der Waals surface area contributed by atoms with Crippen LogP contribution in [0.3, 0.4) is 0 Å². The topological polar surface area (TPSA) is 69.6 Å². The van der Waals surface area contributed by atoms with E-state index in [1.54, 1.807) is 24.3 Å². The van der Waals surface area contributed by atoms with Gasteiger partial charge in [-0.15, -0.1) is 0 Å². The highest BCUT2D eigenvalue weighted by atomic mass is 16.3. The molecule has 0 radical (unpaired) electrons.